The van der Waals surface area contributed by atoms with Gasteiger partial charge in [-0.3, -0.25) is 19.3 Å². The molecule has 29 heavy (non-hydrogen) atoms. The quantitative estimate of drug-likeness (QED) is 0.402. The van der Waals surface area contributed by atoms with Gasteiger partial charge in [0.25, 0.3) is 11.8 Å². The van der Waals surface area contributed by atoms with Gasteiger partial charge in [-0.2, -0.15) is 0 Å². The minimum atomic E-state index is -0.550. The molecular weight excluding hydrogens is 378 g/mol. The van der Waals surface area contributed by atoms with Gasteiger partial charge in [-0.05, 0) is 36.8 Å². The van der Waals surface area contributed by atoms with Crippen LogP contribution >= 0.6 is 0 Å². The largest absolute Gasteiger partial charge is 0.493 e. The highest BCUT2D eigenvalue weighted by molar-refractivity contribution is 6.21. The van der Waals surface area contributed by atoms with Gasteiger partial charge in [0.2, 0.25) is 0 Å². The molecule has 3 rings (SSSR count). The third kappa shape index (κ3) is 4.11. The summed E-state index contributed by atoms with van der Waals surface area (Å²) in [6, 6.07) is 10.9. The number of carbonyl (C=O) groups excluding carboxylic acids is 4. The number of imide groups is 1. The number of carbonyl (C=O) groups is 4. The molecule has 150 valence electrons. The van der Waals surface area contributed by atoms with Crippen LogP contribution in [0.2, 0.25) is 0 Å². The highest BCUT2D eigenvalue weighted by Gasteiger charge is 2.34. The van der Waals surface area contributed by atoms with Crippen LogP contribution in [0.1, 0.15) is 43.9 Å². The number of benzene rings is 2. The Balaban J connectivity index is 1.57. The standard InChI is InChI=1S/C21H19NO7/c1-27-17-12-13(21(26)28-2)9-10-16(17)29-18(23)8-5-11-22-19(24)14-6-3-4-7-15(14)20(22)25/h3-4,6-7,9-10,12H,5,8,11H2,1-2H3. The van der Waals surface area contributed by atoms with Gasteiger partial charge in [-0.15, -0.1) is 0 Å². The number of esters is 2. The van der Waals surface area contributed by atoms with E-state index in [4.69, 9.17) is 9.47 Å². The Morgan fingerprint density at radius 2 is 1.59 bits per heavy atom. The van der Waals surface area contributed by atoms with Crippen LogP contribution in [0.25, 0.3) is 0 Å². The van der Waals surface area contributed by atoms with E-state index < -0.39 is 11.9 Å². The molecule has 0 saturated carbocycles. The molecule has 0 fully saturated rings. The van der Waals surface area contributed by atoms with Gasteiger partial charge in [0, 0.05) is 13.0 Å². The summed E-state index contributed by atoms with van der Waals surface area (Å²) in [4.78, 5) is 49.5. The second-order valence-electron chi connectivity index (χ2n) is 6.24. The van der Waals surface area contributed by atoms with E-state index in [1.54, 1.807) is 24.3 Å². The van der Waals surface area contributed by atoms with Crippen molar-refractivity contribution in [2.75, 3.05) is 20.8 Å². The smallest absolute Gasteiger partial charge is 0.337 e. The Labute approximate surface area is 167 Å². The molecule has 0 atom stereocenters. The van der Waals surface area contributed by atoms with Crippen molar-refractivity contribution >= 4 is 23.8 Å². The van der Waals surface area contributed by atoms with Crippen molar-refractivity contribution in [3.05, 3.63) is 59.2 Å². The molecule has 2 aromatic rings. The summed E-state index contributed by atoms with van der Waals surface area (Å²) in [6.45, 7) is 0.111. The van der Waals surface area contributed by atoms with E-state index in [-0.39, 0.29) is 48.3 Å². The lowest BCUT2D eigenvalue weighted by Gasteiger charge is -2.14. The predicted molar refractivity (Wildman–Crippen MR) is 101 cm³/mol. The normalized spacial score (nSPS) is 12.6. The van der Waals surface area contributed by atoms with Crippen molar-refractivity contribution in [2.45, 2.75) is 12.8 Å². The summed E-state index contributed by atoms with van der Waals surface area (Å²) in [5, 5.41) is 0. The number of methoxy groups -OCH3 is 2. The molecule has 0 saturated heterocycles. The molecule has 2 aromatic carbocycles. The van der Waals surface area contributed by atoms with Crippen LogP contribution in [0, 0.1) is 0 Å². The maximum absolute atomic E-state index is 12.3. The van der Waals surface area contributed by atoms with E-state index in [0.717, 1.165) is 4.90 Å². The van der Waals surface area contributed by atoms with Gasteiger partial charge < -0.3 is 14.2 Å². The van der Waals surface area contributed by atoms with Crippen LogP contribution in [-0.4, -0.2) is 49.4 Å². The molecule has 1 heterocycles. The van der Waals surface area contributed by atoms with Crippen molar-refractivity contribution in [1.29, 1.82) is 0 Å². The third-order valence-electron chi connectivity index (χ3n) is 4.45. The maximum Gasteiger partial charge on any atom is 0.337 e. The average molecular weight is 397 g/mol. The van der Waals surface area contributed by atoms with Crippen molar-refractivity contribution in [3.8, 4) is 11.5 Å². The summed E-state index contributed by atoms with van der Waals surface area (Å²) in [7, 11) is 2.65. The minimum absolute atomic E-state index is 0.00465. The highest BCUT2D eigenvalue weighted by Crippen LogP contribution is 2.29. The zero-order valence-corrected chi connectivity index (χ0v) is 16.0. The maximum atomic E-state index is 12.3. The lowest BCUT2D eigenvalue weighted by atomic mass is 10.1. The van der Waals surface area contributed by atoms with E-state index in [9.17, 15) is 19.2 Å². The van der Waals surface area contributed by atoms with Crippen LogP contribution in [0.5, 0.6) is 11.5 Å². The molecule has 0 bridgehead atoms. The molecule has 8 nitrogen and oxygen atoms in total. The minimum Gasteiger partial charge on any atom is -0.493 e. The molecule has 0 N–H and O–H groups in total. The molecule has 0 aromatic heterocycles. The van der Waals surface area contributed by atoms with Gasteiger partial charge in [0.05, 0.1) is 30.9 Å². The second kappa shape index (κ2) is 8.55. The van der Waals surface area contributed by atoms with Gasteiger partial charge in [-0.1, -0.05) is 12.1 Å². The zero-order valence-electron chi connectivity index (χ0n) is 16.0. The van der Waals surface area contributed by atoms with E-state index in [1.165, 1.54) is 32.4 Å². The average Bonchev–Trinajstić information content (AvgIpc) is 2.98. The van der Waals surface area contributed by atoms with Crippen molar-refractivity contribution in [3.63, 3.8) is 0 Å². The number of hydrogen-bond donors (Lipinski definition) is 0. The first-order valence-electron chi connectivity index (χ1n) is 8.88. The number of nitrogens with zero attached hydrogens (tertiary/aromatic N) is 1. The lowest BCUT2D eigenvalue weighted by Crippen LogP contribution is -2.31. The number of rotatable bonds is 7. The van der Waals surface area contributed by atoms with Crippen LogP contribution in [0.3, 0.4) is 0 Å². The Bertz CT molecular complexity index is 948. The lowest BCUT2D eigenvalue weighted by molar-refractivity contribution is -0.134. The van der Waals surface area contributed by atoms with Crippen LogP contribution < -0.4 is 9.47 Å². The number of hydrogen-bond acceptors (Lipinski definition) is 7. The Morgan fingerprint density at radius 3 is 2.17 bits per heavy atom. The SMILES string of the molecule is COC(=O)c1ccc(OC(=O)CCCN2C(=O)c3ccccc3C2=O)c(OC)c1. The summed E-state index contributed by atoms with van der Waals surface area (Å²) in [5.74, 6) is -1.45. The molecule has 0 unspecified atom stereocenters. The topological polar surface area (TPSA) is 99.2 Å². The summed E-state index contributed by atoms with van der Waals surface area (Å²) in [5.41, 5.74) is 1.00. The number of ether oxygens (including phenoxy) is 3. The molecular formula is C21H19NO7. The van der Waals surface area contributed by atoms with Crippen LogP contribution in [0.4, 0.5) is 0 Å². The fraction of sp³-hybridized carbons (Fsp3) is 0.238. The fourth-order valence-electron chi connectivity index (χ4n) is 2.99. The molecule has 1 aliphatic heterocycles. The summed E-state index contributed by atoms with van der Waals surface area (Å²) in [6.07, 6.45) is 0.252. The van der Waals surface area contributed by atoms with E-state index in [1.807, 2.05) is 0 Å². The molecule has 0 radical (unpaired) electrons. The molecule has 0 spiro atoms. The van der Waals surface area contributed by atoms with Crippen molar-refractivity contribution in [2.24, 2.45) is 0 Å². The summed E-state index contributed by atoms with van der Waals surface area (Å²) < 4.78 is 15.1. The van der Waals surface area contributed by atoms with Gasteiger partial charge in [0.1, 0.15) is 0 Å². The van der Waals surface area contributed by atoms with Crippen molar-refractivity contribution in [1.82, 2.24) is 4.90 Å². The Kier molecular flexibility index (Phi) is 5.92. The predicted octanol–water partition coefficient (Wildman–Crippen LogP) is 2.46. The molecule has 0 aliphatic carbocycles. The van der Waals surface area contributed by atoms with E-state index in [0.29, 0.717) is 11.1 Å². The fourth-order valence-corrected chi connectivity index (χ4v) is 2.99. The second-order valence-corrected chi connectivity index (χ2v) is 6.24. The highest BCUT2D eigenvalue weighted by atomic mass is 16.6. The molecule has 8 heteroatoms. The summed E-state index contributed by atoms with van der Waals surface area (Å²) >= 11 is 0. The van der Waals surface area contributed by atoms with Gasteiger partial charge in [0.15, 0.2) is 11.5 Å². The van der Waals surface area contributed by atoms with Gasteiger partial charge in [-0.25, -0.2) is 4.79 Å². The first-order valence-corrected chi connectivity index (χ1v) is 8.88. The zero-order chi connectivity index (χ0) is 21.0. The molecule has 2 amide bonds. The van der Waals surface area contributed by atoms with Crippen molar-refractivity contribution < 1.29 is 33.4 Å². The van der Waals surface area contributed by atoms with Crippen LogP contribution in [-0.2, 0) is 9.53 Å². The first-order chi connectivity index (χ1) is 14.0. The van der Waals surface area contributed by atoms with Gasteiger partial charge >= 0.3 is 11.9 Å². The van der Waals surface area contributed by atoms with E-state index >= 15 is 0 Å². The van der Waals surface area contributed by atoms with E-state index in [2.05, 4.69) is 4.74 Å². The molecule has 1 aliphatic rings. The van der Waals surface area contributed by atoms with Crippen LogP contribution in [0.15, 0.2) is 42.5 Å². The Morgan fingerprint density at radius 1 is 0.931 bits per heavy atom. The number of amides is 2. The monoisotopic (exact) mass is 397 g/mol. The first kappa shape index (κ1) is 20.1. The number of fused-ring (bicyclic) bond motifs is 1. The Hall–Kier alpha value is -3.68. The third-order valence-corrected chi connectivity index (χ3v) is 4.45.